The van der Waals surface area contributed by atoms with E-state index in [4.69, 9.17) is 4.98 Å². The fourth-order valence-corrected chi connectivity index (χ4v) is 4.64. The standard InChI is InChI=1S/C20H21FN6S/c1-13-15-10-22-20(17-11-28-12-23-17)24-16(15)4-7-27(13)14-8-18(21)25-19(9-14)26-5-2-3-6-26/h8-13H,2-7H2,1H3. The van der Waals surface area contributed by atoms with Gasteiger partial charge >= 0.3 is 0 Å². The number of hydrogen-bond donors (Lipinski definition) is 0. The average Bonchev–Trinajstić information content (AvgIpc) is 3.41. The zero-order chi connectivity index (χ0) is 19.1. The molecule has 1 saturated heterocycles. The summed E-state index contributed by atoms with van der Waals surface area (Å²) in [5.74, 6) is 0.986. The Labute approximate surface area is 167 Å². The van der Waals surface area contributed by atoms with Gasteiger partial charge in [0, 0.05) is 61.0 Å². The minimum atomic E-state index is -0.424. The van der Waals surface area contributed by atoms with Gasteiger partial charge in [0.25, 0.3) is 0 Å². The SMILES string of the molecule is CC1c2cnc(-c3cscn3)nc2CCN1c1cc(F)nc(N2CCCC2)c1. The fourth-order valence-electron chi connectivity index (χ4n) is 4.11. The van der Waals surface area contributed by atoms with Crippen LogP contribution in [-0.4, -0.2) is 39.6 Å². The summed E-state index contributed by atoms with van der Waals surface area (Å²) in [6.45, 7) is 4.80. The van der Waals surface area contributed by atoms with E-state index >= 15 is 0 Å². The monoisotopic (exact) mass is 396 g/mol. The van der Waals surface area contributed by atoms with Gasteiger partial charge in [-0.2, -0.15) is 4.39 Å². The zero-order valence-corrected chi connectivity index (χ0v) is 16.5. The number of fused-ring (bicyclic) bond motifs is 1. The molecule has 144 valence electrons. The van der Waals surface area contributed by atoms with Crippen LogP contribution in [0.25, 0.3) is 11.5 Å². The van der Waals surface area contributed by atoms with Crippen molar-refractivity contribution in [3.05, 3.63) is 46.4 Å². The lowest BCUT2D eigenvalue weighted by molar-refractivity contribution is 0.573. The quantitative estimate of drug-likeness (QED) is 0.627. The highest BCUT2D eigenvalue weighted by atomic mass is 32.1. The lowest BCUT2D eigenvalue weighted by atomic mass is 9.99. The van der Waals surface area contributed by atoms with Gasteiger partial charge in [-0.15, -0.1) is 11.3 Å². The second-order valence-corrected chi connectivity index (χ2v) is 8.01. The van der Waals surface area contributed by atoms with Crippen LogP contribution in [0.5, 0.6) is 0 Å². The molecule has 1 atom stereocenters. The Hall–Kier alpha value is -2.61. The maximum Gasteiger partial charge on any atom is 0.216 e. The number of pyridine rings is 1. The fraction of sp³-hybridized carbons (Fsp3) is 0.400. The molecule has 2 aliphatic heterocycles. The predicted molar refractivity (Wildman–Crippen MR) is 108 cm³/mol. The topological polar surface area (TPSA) is 58.0 Å². The van der Waals surface area contributed by atoms with E-state index in [-0.39, 0.29) is 6.04 Å². The highest BCUT2D eigenvalue weighted by Gasteiger charge is 2.27. The van der Waals surface area contributed by atoms with Gasteiger partial charge < -0.3 is 9.80 Å². The van der Waals surface area contributed by atoms with Crippen molar-refractivity contribution in [1.82, 2.24) is 19.9 Å². The largest absolute Gasteiger partial charge is 0.364 e. The zero-order valence-electron chi connectivity index (χ0n) is 15.7. The van der Waals surface area contributed by atoms with Gasteiger partial charge in [-0.25, -0.2) is 19.9 Å². The van der Waals surface area contributed by atoms with E-state index in [9.17, 15) is 4.39 Å². The molecule has 0 amide bonds. The van der Waals surface area contributed by atoms with Crippen molar-refractivity contribution in [3.63, 3.8) is 0 Å². The molecule has 3 aromatic rings. The lowest BCUT2D eigenvalue weighted by Gasteiger charge is -2.36. The first kappa shape index (κ1) is 17.5. The molecule has 5 heterocycles. The highest BCUT2D eigenvalue weighted by molar-refractivity contribution is 7.07. The third-order valence-corrected chi connectivity index (χ3v) is 6.18. The van der Waals surface area contributed by atoms with Gasteiger partial charge in [0.05, 0.1) is 17.2 Å². The summed E-state index contributed by atoms with van der Waals surface area (Å²) in [5.41, 5.74) is 5.62. The molecule has 6 nitrogen and oxygen atoms in total. The van der Waals surface area contributed by atoms with Crippen LogP contribution >= 0.6 is 11.3 Å². The molecule has 28 heavy (non-hydrogen) atoms. The molecular formula is C20H21FN6S. The number of hydrogen-bond acceptors (Lipinski definition) is 7. The molecule has 1 fully saturated rings. The lowest BCUT2D eigenvalue weighted by Crippen LogP contribution is -2.35. The first-order valence-corrected chi connectivity index (χ1v) is 10.6. The van der Waals surface area contributed by atoms with Crippen molar-refractivity contribution in [3.8, 4) is 11.5 Å². The van der Waals surface area contributed by atoms with Crippen molar-refractivity contribution in [1.29, 1.82) is 0 Å². The van der Waals surface area contributed by atoms with Crippen molar-refractivity contribution < 1.29 is 4.39 Å². The van der Waals surface area contributed by atoms with E-state index in [1.165, 1.54) is 17.4 Å². The van der Waals surface area contributed by atoms with E-state index in [0.717, 1.165) is 67.4 Å². The molecule has 0 saturated carbocycles. The molecule has 2 aliphatic rings. The van der Waals surface area contributed by atoms with Crippen LogP contribution in [0, 0.1) is 5.95 Å². The van der Waals surface area contributed by atoms with Crippen molar-refractivity contribution in [2.75, 3.05) is 29.4 Å². The Morgan fingerprint density at radius 1 is 1.11 bits per heavy atom. The maximum atomic E-state index is 14.3. The minimum absolute atomic E-state index is 0.0708. The second kappa shape index (κ2) is 7.09. The first-order valence-electron chi connectivity index (χ1n) is 9.62. The van der Waals surface area contributed by atoms with Crippen molar-refractivity contribution in [2.24, 2.45) is 0 Å². The summed E-state index contributed by atoms with van der Waals surface area (Å²) in [6.07, 6.45) is 4.97. The van der Waals surface area contributed by atoms with E-state index in [1.807, 2.05) is 17.6 Å². The van der Waals surface area contributed by atoms with Crippen LogP contribution in [0.3, 0.4) is 0 Å². The summed E-state index contributed by atoms with van der Waals surface area (Å²) < 4.78 is 14.3. The van der Waals surface area contributed by atoms with Crippen molar-refractivity contribution >= 4 is 22.8 Å². The third-order valence-electron chi connectivity index (χ3n) is 5.60. The summed E-state index contributed by atoms with van der Waals surface area (Å²) in [5, 5.41) is 1.96. The van der Waals surface area contributed by atoms with Gasteiger partial charge in [-0.3, -0.25) is 0 Å². The number of nitrogens with zero attached hydrogens (tertiary/aromatic N) is 6. The number of halogens is 1. The Kier molecular flexibility index (Phi) is 4.43. The Morgan fingerprint density at radius 2 is 1.96 bits per heavy atom. The predicted octanol–water partition coefficient (Wildman–Crippen LogP) is 3.86. The summed E-state index contributed by atoms with van der Waals surface area (Å²) in [7, 11) is 0. The molecule has 5 rings (SSSR count). The Bertz CT molecular complexity index is 986. The molecule has 0 bridgehead atoms. The van der Waals surface area contributed by atoms with Gasteiger partial charge in [-0.1, -0.05) is 0 Å². The van der Waals surface area contributed by atoms with Gasteiger partial charge in [0.15, 0.2) is 5.82 Å². The third kappa shape index (κ3) is 3.11. The minimum Gasteiger partial charge on any atom is -0.364 e. The molecule has 0 aliphatic carbocycles. The number of rotatable bonds is 3. The molecule has 8 heteroatoms. The van der Waals surface area contributed by atoms with E-state index in [1.54, 1.807) is 5.51 Å². The van der Waals surface area contributed by atoms with Crippen LogP contribution in [-0.2, 0) is 6.42 Å². The van der Waals surface area contributed by atoms with Crippen LogP contribution in [0.4, 0.5) is 15.9 Å². The van der Waals surface area contributed by atoms with Gasteiger partial charge in [-0.05, 0) is 19.8 Å². The molecule has 3 aromatic heterocycles. The normalized spacial score (nSPS) is 19.1. The van der Waals surface area contributed by atoms with Crippen LogP contribution in [0.2, 0.25) is 0 Å². The molecule has 0 N–H and O–H groups in total. The summed E-state index contributed by atoms with van der Waals surface area (Å²) >= 11 is 1.54. The average molecular weight is 396 g/mol. The molecule has 1 unspecified atom stereocenters. The van der Waals surface area contributed by atoms with E-state index in [0.29, 0.717) is 5.82 Å². The number of thiazole rings is 1. The Balaban J connectivity index is 1.45. The van der Waals surface area contributed by atoms with E-state index < -0.39 is 5.95 Å². The summed E-state index contributed by atoms with van der Waals surface area (Å²) in [6, 6.07) is 3.62. The van der Waals surface area contributed by atoms with Gasteiger partial charge in [0.1, 0.15) is 11.5 Å². The summed E-state index contributed by atoms with van der Waals surface area (Å²) in [4.78, 5) is 22.1. The smallest absolute Gasteiger partial charge is 0.216 e. The van der Waals surface area contributed by atoms with Crippen LogP contribution in [0.1, 0.15) is 37.1 Å². The number of anilines is 2. The van der Waals surface area contributed by atoms with Gasteiger partial charge in [0.2, 0.25) is 5.95 Å². The maximum absolute atomic E-state index is 14.3. The van der Waals surface area contributed by atoms with E-state index in [2.05, 4.69) is 31.7 Å². The molecule has 0 spiro atoms. The molecule has 0 aromatic carbocycles. The number of aromatic nitrogens is 4. The van der Waals surface area contributed by atoms with Crippen molar-refractivity contribution in [2.45, 2.75) is 32.2 Å². The van der Waals surface area contributed by atoms with Crippen LogP contribution < -0.4 is 9.80 Å². The molecule has 0 radical (unpaired) electrons. The molecular weight excluding hydrogens is 375 g/mol. The van der Waals surface area contributed by atoms with Crippen LogP contribution in [0.15, 0.2) is 29.2 Å². The second-order valence-electron chi connectivity index (χ2n) is 7.29. The first-order chi connectivity index (χ1) is 13.7. The highest BCUT2D eigenvalue weighted by Crippen LogP contribution is 2.35. The Morgan fingerprint density at radius 3 is 2.75 bits per heavy atom.